The number of tetrazole rings is 1. The van der Waals surface area contributed by atoms with Gasteiger partial charge in [0.05, 0.1) is 18.4 Å². The third-order valence-electron chi connectivity index (χ3n) is 5.42. The van der Waals surface area contributed by atoms with Crippen LogP contribution in [0.25, 0.3) is 5.69 Å². The molecule has 1 aromatic carbocycles. The molecular weight excluding hydrogens is 597 g/mol. The Labute approximate surface area is 236 Å². The topological polar surface area (TPSA) is 159 Å². The summed E-state index contributed by atoms with van der Waals surface area (Å²) in [4.78, 5) is 45.1. The van der Waals surface area contributed by atoms with Crippen LogP contribution in [-0.4, -0.2) is 59.3 Å². The van der Waals surface area contributed by atoms with Crippen molar-refractivity contribution in [3.8, 4) is 5.69 Å². The Balaban J connectivity index is 1.63. The van der Waals surface area contributed by atoms with Crippen molar-refractivity contribution in [1.29, 1.82) is 0 Å². The highest BCUT2D eigenvalue weighted by molar-refractivity contribution is 6.29. The summed E-state index contributed by atoms with van der Waals surface area (Å²) in [5, 5.41) is 14.3. The minimum absolute atomic E-state index is 0.155. The number of amides is 1. The predicted octanol–water partition coefficient (Wildman–Crippen LogP) is 2.39. The van der Waals surface area contributed by atoms with Gasteiger partial charge in [0.1, 0.15) is 17.2 Å². The first-order chi connectivity index (χ1) is 19.9. The summed E-state index contributed by atoms with van der Waals surface area (Å²) in [6, 6.07) is 10.1. The van der Waals surface area contributed by atoms with Gasteiger partial charge in [-0.3, -0.25) is 14.6 Å². The number of hydrogen-bond donors (Lipinski definition) is 2. The van der Waals surface area contributed by atoms with E-state index in [-0.39, 0.29) is 11.1 Å². The van der Waals surface area contributed by atoms with Gasteiger partial charge < -0.3 is 15.4 Å². The van der Waals surface area contributed by atoms with Gasteiger partial charge >= 0.3 is 18.1 Å². The normalized spacial score (nSPS) is 12.4. The Morgan fingerprint density at radius 3 is 2.45 bits per heavy atom. The molecule has 4 aromatic rings. The average molecular weight is 614 g/mol. The van der Waals surface area contributed by atoms with Gasteiger partial charge in [0, 0.05) is 12.7 Å². The molecule has 0 fully saturated rings. The molecule has 3 aromatic heterocycles. The van der Waals surface area contributed by atoms with E-state index in [1.54, 1.807) is 18.2 Å². The van der Waals surface area contributed by atoms with Crippen molar-refractivity contribution in [1.82, 2.24) is 40.1 Å². The fourth-order valence-corrected chi connectivity index (χ4v) is 3.68. The number of anilines is 1. The summed E-state index contributed by atoms with van der Waals surface area (Å²) in [6.07, 6.45) is -5.13. The van der Waals surface area contributed by atoms with E-state index < -0.39 is 59.0 Å². The standard InChI is InChI=1S/C23H17ClF5N9O4/c24-16-10-31-17(33-11-22(25,26)15-7-3-4-8-30-15)19(40)38(16)20(42-21(41)23(27,28)29)18(39)32-9-13-5-1-2-6-14(13)37-12-34-35-36-37/h1-8,10,12,20H,9,11H2,(H,31,33)(H,32,39). The van der Waals surface area contributed by atoms with E-state index in [0.717, 1.165) is 12.3 Å². The number of halogens is 6. The molecule has 3 heterocycles. The Morgan fingerprint density at radius 2 is 1.79 bits per heavy atom. The van der Waals surface area contributed by atoms with Crippen molar-refractivity contribution in [3.63, 3.8) is 0 Å². The molecule has 4 rings (SSSR count). The van der Waals surface area contributed by atoms with Gasteiger partial charge in [-0.1, -0.05) is 35.9 Å². The molecular formula is C23H17ClF5N9O4. The number of nitrogens with one attached hydrogen (secondary N) is 2. The number of rotatable bonds is 10. The van der Waals surface area contributed by atoms with E-state index in [2.05, 4.69) is 40.9 Å². The molecule has 0 radical (unpaired) electrons. The summed E-state index contributed by atoms with van der Waals surface area (Å²) in [6.45, 7) is -1.59. The second kappa shape index (κ2) is 12.2. The lowest BCUT2D eigenvalue weighted by Gasteiger charge is -2.22. The van der Waals surface area contributed by atoms with Crippen molar-refractivity contribution in [2.45, 2.75) is 24.9 Å². The number of hydrogen-bond acceptors (Lipinski definition) is 10. The van der Waals surface area contributed by atoms with Crippen LogP contribution in [0, 0.1) is 0 Å². The number of carbonyl (C=O) groups excluding carboxylic acids is 2. The minimum atomic E-state index is -5.57. The maximum absolute atomic E-state index is 14.6. The molecule has 0 aliphatic heterocycles. The second-order valence-electron chi connectivity index (χ2n) is 8.23. The molecule has 2 N–H and O–H groups in total. The van der Waals surface area contributed by atoms with Crippen LogP contribution in [0.2, 0.25) is 5.15 Å². The number of pyridine rings is 1. The highest BCUT2D eigenvalue weighted by atomic mass is 35.5. The van der Waals surface area contributed by atoms with Gasteiger partial charge in [0.2, 0.25) is 0 Å². The number of carbonyl (C=O) groups is 2. The summed E-state index contributed by atoms with van der Waals surface area (Å²) >= 11 is 5.97. The maximum atomic E-state index is 14.6. The second-order valence-corrected chi connectivity index (χ2v) is 8.62. The summed E-state index contributed by atoms with van der Waals surface area (Å²) in [5.74, 6) is -8.70. The van der Waals surface area contributed by atoms with Crippen LogP contribution in [0.3, 0.4) is 0 Å². The van der Waals surface area contributed by atoms with Crippen LogP contribution >= 0.6 is 11.6 Å². The number of nitrogens with zero attached hydrogens (tertiary/aromatic N) is 7. The molecule has 0 saturated carbocycles. The lowest BCUT2D eigenvalue weighted by atomic mass is 10.2. The first kappa shape index (κ1) is 30.0. The average Bonchev–Trinajstić information content (AvgIpc) is 3.50. The Hall–Kier alpha value is -5.00. The molecule has 1 amide bonds. The molecule has 42 heavy (non-hydrogen) atoms. The van der Waals surface area contributed by atoms with Gasteiger partial charge in [-0.2, -0.15) is 22.0 Å². The highest BCUT2D eigenvalue weighted by Crippen LogP contribution is 2.27. The van der Waals surface area contributed by atoms with Crippen LogP contribution in [0.5, 0.6) is 0 Å². The van der Waals surface area contributed by atoms with E-state index in [0.29, 0.717) is 17.4 Å². The lowest BCUT2D eigenvalue weighted by molar-refractivity contribution is -0.209. The molecule has 0 saturated heterocycles. The third kappa shape index (κ3) is 6.82. The molecule has 1 unspecified atom stereocenters. The first-order valence-electron chi connectivity index (χ1n) is 11.6. The fraction of sp³-hybridized carbons (Fsp3) is 0.217. The monoisotopic (exact) mass is 613 g/mol. The van der Waals surface area contributed by atoms with E-state index in [9.17, 15) is 36.3 Å². The largest absolute Gasteiger partial charge is 0.491 e. The lowest BCUT2D eigenvalue weighted by Crippen LogP contribution is -2.43. The van der Waals surface area contributed by atoms with Crippen molar-refractivity contribution in [2.75, 3.05) is 11.9 Å². The van der Waals surface area contributed by atoms with Crippen LogP contribution in [0.1, 0.15) is 17.5 Å². The van der Waals surface area contributed by atoms with Gasteiger partial charge in [0.15, 0.2) is 5.82 Å². The molecule has 0 aliphatic rings. The van der Waals surface area contributed by atoms with Crippen LogP contribution < -0.4 is 16.2 Å². The van der Waals surface area contributed by atoms with Gasteiger partial charge in [-0.05, 0) is 34.2 Å². The van der Waals surface area contributed by atoms with Gasteiger partial charge in [-0.15, -0.1) is 5.10 Å². The van der Waals surface area contributed by atoms with E-state index in [1.807, 2.05) is 0 Å². The SMILES string of the molecule is O=C(NCc1ccccc1-n1cnnn1)C(OC(=O)C(F)(F)F)n1c(Cl)cnc(NCC(F)(F)c2ccccn2)c1=O. The number of benzene rings is 1. The number of para-hydroxylation sites is 1. The zero-order valence-electron chi connectivity index (χ0n) is 20.8. The van der Waals surface area contributed by atoms with Crippen molar-refractivity contribution >= 4 is 29.3 Å². The number of aromatic nitrogens is 7. The molecule has 0 spiro atoms. The van der Waals surface area contributed by atoms with E-state index >= 15 is 0 Å². The minimum Gasteiger partial charge on any atom is -0.425 e. The van der Waals surface area contributed by atoms with Crippen LogP contribution in [-0.2, 0) is 26.8 Å². The van der Waals surface area contributed by atoms with E-state index in [1.165, 1.54) is 29.2 Å². The predicted molar refractivity (Wildman–Crippen MR) is 132 cm³/mol. The first-order valence-corrected chi connectivity index (χ1v) is 11.9. The zero-order chi connectivity index (χ0) is 30.5. The van der Waals surface area contributed by atoms with Gasteiger partial charge in [-0.25, -0.2) is 19.0 Å². The smallest absolute Gasteiger partial charge is 0.425 e. The van der Waals surface area contributed by atoms with Gasteiger partial charge in [0.25, 0.3) is 17.7 Å². The molecule has 13 nitrogen and oxygen atoms in total. The molecule has 1 atom stereocenters. The molecule has 0 aliphatic carbocycles. The zero-order valence-corrected chi connectivity index (χ0v) is 21.6. The highest BCUT2D eigenvalue weighted by Gasteiger charge is 2.44. The number of esters is 1. The van der Waals surface area contributed by atoms with Crippen molar-refractivity contribution in [3.05, 3.63) is 87.9 Å². The fourth-order valence-electron chi connectivity index (χ4n) is 3.47. The Kier molecular flexibility index (Phi) is 8.74. The van der Waals surface area contributed by atoms with E-state index in [4.69, 9.17) is 11.6 Å². The van der Waals surface area contributed by atoms with Crippen molar-refractivity contribution < 1.29 is 36.3 Å². The molecule has 19 heteroatoms. The van der Waals surface area contributed by atoms with Crippen LogP contribution in [0.4, 0.5) is 27.8 Å². The Morgan fingerprint density at radius 1 is 1.05 bits per heavy atom. The Bertz CT molecular complexity index is 1620. The summed E-state index contributed by atoms with van der Waals surface area (Å²) in [7, 11) is 0. The quantitative estimate of drug-likeness (QED) is 0.201. The summed E-state index contributed by atoms with van der Waals surface area (Å²) in [5.41, 5.74) is -1.34. The molecule has 0 bridgehead atoms. The third-order valence-corrected chi connectivity index (χ3v) is 5.70. The molecule has 220 valence electrons. The summed E-state index contributed by atoms with van der Waals surface area (Å²) < 4.78 is 74.1. The van der Waals surface area contributed by atoms with Crippen LogP contribution in [0.15, 0.2) is 66.0 Å². The number of ether oxygens (including phenoxy) is 1. The van der Waals surface area contributed by atoms with Crippen molar-refractivity contribution in [2.24, 2.45) is 0 Å². The maximum Gasteiger partial charge on any atom is 0.491 e. The number of alkyl halides is 5.